The van der Waals surface area contributed by atoms with Crippen LogP contribution >= 0.6 is 0 Å². The summed E-state index contributed by atoms with van der Waals surface area (Å²) in [4.78, 5) is 38.1. The predicted molar refractivity (Wildman–Crippen MR) is 92.7 cm³/mol. The molecular weight excluding hydrogens is 324 g/mol. The van der Waals surface area contributed by atoms with Crippen LogP contribution in [0.5, 0.6) is 5.75 Å². The number of hydrogen-bond acceptors (Lipinski definition) is 5. The van der Waals surface area contributed by atoms with Gasteiger partial charge in [0.15, 0.2) is 5.60 Å². The zero-order valence-electron chi connectivity index (χ0n) is 15.2. The normalized spacial score (nSPS) is 15.4. The molecule has 0 saturated heterocycles. The van der Waals surface area contributed by atoms with Gasteiger partial charge in [-0.25, -0.2) is 0 Å². The first-order chi connectivity index (χ1) is 11.7. The van der Waals surface area contributed by atoms with E-state index < -0.39 is 11.6 Å². The maximum absolute atomic E-state index is 12.7. The molecule has 136 valence electrons. The van der Waals surface area contributed by atoms with Crippen LogP contribution in [-0.2, 0) is 14.3 Å². The Kier molecular flexibility index (Phi) is 5.35. The number of nitrogens with zero attached hydrogens (tertiary/aromatic N) is 1. The highest BCUT2D eigenvalue weighted by Gasteiger charge is 2.42. The summed E-state index contributed by atoms with van der Waals surface area (Å²) in [5, 5.41) is 2.79. The summed E-state index contributed by atoms with van der Waals surface area (Å²) in [5.74, 6) is -0.702. The Labute approximate surface area is 147 Å². The molecule has 7 heteroatoms. The first kappa shape index (κ1) is 18.8. The Morgan fingerprint density at radius 2 is 2.00 bits per heavy atom. The van der Waals surface area contributed by atoms with Gasteiger partial charge in [-0.1, -0.05) is 0 Å². The molecule has 2 amide bonds. The number of hydrogen-bond donors (Lipinski definition) is 1. The molecule has 1 aliphatic heterocycles. The molecule has 0 atom stereocenters. The lowest BCUT2D eigenvalue weighted by Gasteiger charge is -2.38. The van der Waals surface area contributed by atoms with Gasteiger partial charge in [0.2, 0.25) is 0 Å². The van der Waals surface area contributed by atoms with Crippen molar-refractivity contribution in [3.05, 3.63) is 23.8 Å². The number of benzene rings is 1. The van der Waals surface area contributed by atoms with Gasteiger partial charge in [-0.05, 0) is 52.8 Å². The average molecular weight is 348 g/mol. The van der Waals surface area contributed by atoms with Crippen LogP contribution < -0.4 is 15.0 Å². The Hall–Kier alpha value is -2.57. The zero-order valence-corrected chi connectivity index (χ0v) is 15.2. The van der Waals surface area contributed by atoms with Crippen LogP contribution in [0.4, 0.5) is 5.69 Å². The Balaban J connectivity index is 2.41. The minimum Gasteiger partial charge on any atom is -0.476 e. The monoisotopic (exact) mass is 348 g/mol. The highest BCUT2D eigenvalue weighted by Crippen LogP contribution is 2.38. The summed E-state index contributed by atoms with van der Waals surface area (Å²) in [6.45, 7) is 8.68. The lowest BCUT2D eigenvalue weighted by Crippen LogP contribution is -2.54. The molecule has 0 bridgehead atoms. The van der Waals surface area contributed by atoms with E-state index in [0.29, 0.717) is 17.0 Å². The van der Waals surface area contributed by atoms with Crippen molar-refractivity contribution in [1.29, 1.82) is 0 Å². The van der Waals surface area contributed by atoms with Gasteiger partial charge < -0.3 is 14.8 Å². The molecule has 7 nitrogen and oxygen atoms in total. The molecule has 1 N–H and O–H groups in total. The zero-order chi connectivity index (χ0) is 18.8. The predicted octanol–water partition coefficient (Wildman–Crippen LogP) is 1.89. The number of ether oxygens (including phenoxy) is 2. The van der Waals surface area contributed by atoms with Gasteiger partial charge in [0.25, 0.3) is 11.8 Å². The van der Waals surface area contributed by atoms with Crippen molar-refractivity contribution in [2.45, 2.75) is 46.3 Å². The first-order valence-electron chi connectivity index (χ1n) is 8.27. The van der Waals surface area contributed by atoms with Gasteiger partial charge in [-0.3, -0.25) is 19.3 Å². The van der Waals surface area contributed by atoms with Crippen LogP contribution in [0.25, 0.3) is 0 Å². The van der Waals surface area contributed by atoms with E-state index in [1.807, 2.05) is 13.8 Å². The fraction of sp³-hybridized carbons (Fsp3) is 0.500. The van der Waals surface area contributed by atoms with Gasteiger partial charge in [-0.2, -0.15) is 0 Å². The van der Waals surface area contributed by atoms with Crippen LogP contribution in [0.15, 0.2) is 18.2 Å². The molecule has 0 aromatic heterocycles. The molecule has 2 rings (SSSR count). The van der Waals surface area contributed by atoms with E-state index in [2.05, 4.69) is 5.32 Å². The van der Waals surface area contributed by atoms with Crippen LogP contribution in [0.2, 0.25) is 0 Å². The number of carbonyl (C=O) groups excluding carboxylic acids is 3. The number of fused-ring (bicyclic) bond motifs is 1. The quantitative estimate of drug-likeness (QED) is 0.822. The molecule has 25 heavy (non-hydrogen) atoms. The number of carbonyl (C=O) groups is 3. The summed E-state index contributed by atoms with van der Waals surface area (Å²) in [5.41, 5.74) is -0.340. The summed E-state index contributed by atoms with van der Waals surface area (Å²) >= 11 is 0. The molecule has 0 fully saturated rings. The summed E-state index contributed by atoms with van der Waals surface area (Å²) in [6, 6.07) is 4.80. The van der Waals surface area contributed by atoms with E-state index in [1.54, 1.807) is 39.0 Å². The van der Waals surface area contributed by atoms with Gasteiger partial charge in [-0.15, -0.1) is 0 Å². The molecule has 1 heterocycles. The molecule has 0 aliphatic carbocycles. The maximum Gasteiger partial charge on any atom is 0.326 e. The van der Waals surface area contributed by atoms with Gasteiger partial charge in [0.1, 0.15) is 12.3 Å². The number of esters is 1. The largest absolute Gasteiger partial charge is 0.476 e. The fourth-order valence-corrected chi connectivity index (χ4v) is 2.55. The number of amides is 2. The third kappa shape index (κ3) is 4.10. The van der Waals surface area contributed by atoms with Crippen molar-refractivity contribution in [1.82, 2.24) is 5.32 Å². The van der Waals surface area contributed by atoms with E-state index in [-0.39, 0.29) is 31.0 Å². The minimum atomic E-state index is -1.11. The Bertz CT molecular complexity index is 697. The molecule has 0 spiro atoms. The standard InChI is InChI=1S/C18H24N2O5/c1-6-24-15(21)10-20-13-9-12(16(22)19-11(2)3)7-8-14(13)25-18(4,5)17(20)23/h7-9,11H,6,10H2,1-5H3,(H,19,22). The summed E-state index contributed by atoms with van der Waals surface area (Å²) in [7, 11) is 0. The van der Waals surface area contributed by atoms with Crippen molar-refractivity contribution in [3.63, 3.8) is 0 Å². The number of rotatable bonds is 5. The first-order valence-corrected chi connectivity index (χ1v) is 8.27. The summed E-state index contributed by atoms with van der Waals surface area (Å²) < 4.78 is 10.7. The molecule has 1 aliphatic rings. The molecule has 0 unspecified atom stereocenters. The minimum absolute atomic E-state index is 0.0176. The van der Waals surface area contributed by atoms with E-state index in [9.17, 15) is 14.4 Å². The summed E-state index contributed by atoms with van der Waals surface area (Å²) in [6.07, 6.45) is 0. The lowest BCUT2D eigenvalue weighted by molar-refractivity contribution is -0.144. The van der Waals surface area contributed by atoms with Crippen LogP contribution in [-0.4, -0.2) is 42.6 Å². The third-order valence-electron chi connectivity index (χ3n) is 3.65. The van der Waals surface area contributed by atoms with Gasteiger partial charge >= 0.3 is 5.97 Å². The van der Waals surface area contributed by atoms with Crippen molar-refractivity contribution in [2.24, 2.45) is 0 Å². The van der Waals surface area contributed by atoms with E-state index in [0.717, 1.165) is 0 Å². The molecular formula is C18H24N2O5. The second-order valence-corrected chi connectivity index (χ2v) is 6.62. The molecule has 0 radical (unpaired) electrons. The van der Waals surface area contributed by atoms with Crippen molar-refractivity contribution in [2.75, 3.05) is 18.1 Å². The molecule has 1 aromatic rings. The number of nitrogens with one attached hydrogen (secondary N) is 1. The van der Waals surface area contributed by atoms with E-state index in [4.69, 9.17) is 9.47 Å². The second-order valence-electron chi connectivity index (χ2n) is 6.62. The molecule has 1 aromatic carbocycles. The smallest absolute Gasteiger partial charge is 0.326 e. The highest BCUT2D eigenvalue weighted by molar-refractivity contribution is 6.06. The fourth-order valence-electron chi connectivity index (χ4n) is 2.55. The Morgan fingerprint density at radius 3 is 2.60 bits per heavy atom. The highest BCUT2D eigenvalue weighted by atomic mass is 16.5. The lowest BCUT2D eigenvalue weighted by atomic mass is 10.0. The van der Waals surface area contributed by atoms with Gasteiger partial charge in [0.05, 0.1) is 12.3 Å². The SMILES string of the molecule is CCOC(=O)CN1C(=O)C(C)(C)Oc2ccc(C(=O)NC(C)C)cc21. The van der Waals surface area contributed by atoms with Crippen LogP contribution in [0.3, 0.4) is 0 Å². The van der Waals surface area contributed by atoms with E-state index in [1.165, 1.54) is 4.90 Å². The molecule has 0 saturated carbocycles. The van der Waals surface area contributed by atoms with E-state index >= 15 is 0 Å². The topological polar surface area (TPSA) is 84.9 Å². The number of anilines is 1. The average Bonchev–Trinajstić information content (AvgIpc) is 2.50. The van der Waals surface area contributed by atoms with Crippen LogP contribution in [0.1, 0.15) is 45.0 Å². The third-order valence-corrected chi connectivity index (χ3v) is 3.65. The van der Waals surface area contributed by atoms with Gasteiger partial charge in [0, 0.05) is 11.6 Å². The second kappa shape index (κ2) is 7.13. The van der Waals surface area contributed by atoms with Crippen LogP contribution in [0, 0.1) is 0 Å². The Morgan fingerprint density at radius 1 is 1.32 bits per heavy atom. The van der Waals surface area contributed by atoms with Crippen molar-refractivity contribution in [3.8, 4) is 5.75 Å². The van der Waals surface area contributed by atoms with Crippen molar-refractivity contribution < 1.29 is 23.9 Å². The maximum atomic E-state index is 12.7. The van der Waals surface area contributed by atoms with Crippen molar-refractivity contribution >= 4 is 23.5 Å².